The second-order valence-electron chi connectivity index (χ2n) is 12.1. The van der Waals surface area contributed by atoms with Gasteiger partial charge in [0.25, 0.3) is 40.5 Å². The SMILES string of the molecule is Cc1c(C#N)c(Nc2ccc(S(=O)(=O)O)cc2)nc(Nc2ccc(S(=O)(=O)O)cc2)c1N=Nc1sc(N=Nc2ccc3c(S(=O)(=O)O)cc(S(=O)(=O)O)cc3c2)cc1C#N. The van der Waals surface area contributed by atoms with Crippen LogP contribution in [0.5, 0.6) is 0 Å². The van der Waals surface area contributed by atoms with Crippen LogP contribution in [-0.2, 0) is 40.5 Å². The molecule has 60 heavy (non-hydrogen) atoms. The van der Waals surface area contributed by atoms with E-state index in [0.29, 0.717) is 6.07 Å². The first-order valence-electron chi connectivity index (χ1n) is 16.1. The van der Waals surface area contributed by atoms with Crippen molar-refractivity contribution < 1.29 is 51.9 Å². The van der Waals surface area contributed by atoms with Crippen molar-refractivity contribution >= 4 is 107 Å². The highest BCUT2D eigenvalue weighted by Crippen LogP contribution is 2.41. The first-order chi connectivity index (χ1) is 28.0. The molecule has 6 aromatic rings. The summed E-state index contributed by atoms with van der Waals surface area (Å²) < 4.78 is 132. The topological polar surface area (TPSA) is 351 Å². The lowest BCUT2D eigenvalue weighted by molar-refractivity contribution is 0.479. The van der Waals surface area contributed by atoms with Crippen LogP contribution in [0, 0.1) is 29.6 Å². The van der Waals surface area contributed by atoms with E-state index in [2.05, 4.69) is 36.1 Å². The molecule has 0 aliphatic carbocycles. The van der Waals surface area contributed by atoms with E-state index in [1.54, 1.807) is 0 Å². The van der Waals surface area contributed by atoms with Gasteiger partial charge in [-0.05, 0) is 91.2 Å². The molecule has 4 aromatic carbocycles. The summed E-state index contributed by atoms with van der Waals surface area (Å²) in [6, 6.07) is 20.3. The van der Waals surface area contributed by atoms with E-state index in [0.717, 1.165) is 41.7 Å². The molecular formula is C34H23N9O12S5. The molecule has 6 N–H and O–H groups in total. The lowest BCUT2D eigenvalue weighted by Crippen LogP contribution is -2.05. The Morgan fingerprint density at radius 3 is 1.70 bits per heavy atom. The number of hydrogen-bond donors (Lipinski definition) is 6. The molecule has 306 valence electrons. The molecule has 0 atom stereocenters. The Bertz CT molecular complexity index is 3340. The van der Waals surface area contributed by atoms with Gasteiger partial charge in [0.2, 0.25) is 0 Å². The van der Waals surface area contributed by atoms with Crippen molar-refractivity contribution in [1.82, 2.24) is 4.98 Å². The van der Waals surface area contributed by atoms with Gasteiger partial charge in [0, 0.05) is 22.3 Å². The predicted octanol–water partition coefficient (Wildman–Crippen LogP) is 7.65. The highest BCUT2D eigenvalue weighted by molar-refractivity contribution is 7.87. The zero-order valence-electron chi connectivity index (χ0n) is 29.8. The van der Waals surface area contributed by atoms with E-state index in [4.69, 9.17) is 0 Å². The van der Waals surface area contributed by atoms with Crippen LogP contribution >= 0.6 is 11.3 Å². The lowest BCUT2D eigenvalue weighted by atomic mass is 10.1. The maximum Gasteiger partial charge on any atom is 0.295 e. The predicted molar refractivity (Wildman–Crippen MR) is 214 cm³/mol. The van der Waals surface area contributed by atoms with E-state index < -0.39 is 55.2 Å². The molecule has 0 fully saturated rings. The summed E-state index contributed by atoms with van der Waals surface area (Å²) in [5.74, 6) is -0.0910. The molecular weight excluding hydrogens is 887 g/mol. The molecule has 2 aromatic heterocycles. The van der Waals surface area contributed by atoms with Gasteiger partial charge in [-0.15, -0.1) is 20.5 Å². The number of fused-ring (bicyclic) bond motifs is 1. The molecule has 2 heterocycles. The number of nitrogens with one attached hydrogen (secondary N) is 2. The molecule has 0 saturated heterocycles. The summed E-state index contributed by atoms with van der Waals surface area (Å²) >= 11 is 0.848. The van der Waals surface area contributed by atoms with Crippen LogP contribution in [0.15, 0.2) is 125 Å². The number of thiophene rings is 1. The molecule has 6 rings (SSSR count). The molecule has 21 nitrogen and oxygen atoms in total. The standard InChI is InChI=1S/C34H23N9O12S5/c1-18-28(17-36)32(37-21-2-7-24(8-3-21)57(44,45)46)39-33(38-22-4-9-25(10-5-22)58(47,48)49)31(18)42-43-34-20(16-35)14-30(56-34)41-40-23-6-11-27-19(12-23)13-26(59(50,51)52)15-29(27)60(53,54)55/h2-15H,1H3,(H2,37,38,39)(H,44,45,46)(H,47,48,49)(H,50,51,52)(H,53,54,55). The number of rotatable bonds is 12. The van der Waals surface area contributed by atoms with Crippen molar-refractivity contribution in [2.75, 3.05) is 10.6 Å². The van der Waals surface area contributed by atoms with E-state index >= 15 is 0 Å². The second kappa shape index (κ2) is 16.2. The van der Waals surface area contributed by atoms with Crippen LogP contribution in [0.2, 0.25) is 0 Å². The first kappa shape index (κ1) is 43.0. The minimum absolute atomic E-state index is 0.0140. The molecule has 0 aliphatic rings. The van der Waals surface area contributed by atoms with E-state index in [-0.39, 0.29) is 76.7 Å². The summed E-state index contributed by atoms with van der Waals surface area (Å²) in [6.07, 6.45) is 0. The molecule has 26 heteroatoms. The molecule has 0 saturated carbocycles. The maximum absolute atomic E-state index is 12.0. The molecule has 0 spiro atoms. The van der Waals surface area contributed by atoms with Gasteiger partial charge in [0.15, 0.2) is 16.6 Å². The van der Waals surface area contributed by atoms with Crippen LogP contribution < -0.4 is 10.6 Å². The third-order valence-corrected chi connectivity index (χ3v) is 12.5. The number of azo groups is 2. The highest BCUT2D eigenvalue weighted by atomic mass is 32.2. The number of aromatic nitrogens is 1. The largest absolute Gasteiger partial charge is 0.339 e. The van der Waals surface area contributed by atoms with E-state index in [1.165, 1.54) is 55.5 Å². The molecule has 0 unspecified atom stereocenters. The number of nitrogens with zero attached hydrogens (tertiary/aromatic N) is 7. The Morgan fingerprint density at radius 1 is 0.617 bits per heavy atom. The van der Waals surface area contributed by atoms with Gasteiger partial charge in [0.1, 0.15) is 27.7 Å². The highest BCUT2D eigenvalue weighted by Gasteiger charge is 2.22. The van der Waals surface area contributed by atoms with Gasteiger partial charge < -0.3 is 10.6 Å². The fraction of sp³-hybridized carbons (Fsp3) is 0.0294. The van der Waals surface area contributed by atoms with Crippen LogP contribution in [0.25, 0.3) is 10.8 Å². The van der Waals surface area contributed by atoms with Gasteiger partial charge in [-0.2, -0.15) is 44.2 Å². The quantitative estimate of drug-likeness (QED) is 0.0507. The fourth-order valence-corrected chi connectivity index (χ4v) is 8.39. The van der Waals surface area contributed by atoms with Gasteiger partial charge in [0.05, 0.1) is 31.5 Å². The molecule has 0 aliphatic heterocycles. The fourth-order valence-electron chi connectivity index (χ4n) is 5.32. The lowest BCUT2D eigenvalue weighted by Gasteiger charge is -2.16. The Morgan fingerprint density at radius 2 is 1.18 bits per heavy atom. The van der Waals surface area contributed by atoms with Crippen molar-refractivity contribution in [2.24, 2.45) is 20.5 Å². The van der Waals surface area contributed by atoms with Crippen LogP contribution in [0.1, 0.15) is 16.7 Å². The monoisotopic (exact) mass is 909 g/mol. The van der Waals surface area contributed by atoms with Crippen LogP contribution in [-0.4, -0.2) is 56.9 Å². The Kier molecular flexibility index (Phi) is 11.6. The van der Waals surface area contributed by atoms with Crippen LogP contribution in [0.3, 0.4) is 0 Å². The normalized spacial score (nSPS) is 12.4. The molecule has 0 radical (unpaired) electrons. The summed E-state index contributed by atoms with van der Waals surface area (Å²) in [6.45, 7) is 1.51. The Labute approximate surface area is 344 Å². The maximum atomic E-state index is 12.0. The number of anilines is 4. The summed E-state index contributed by atoms with van der Waals surface area (Å²) in [5.41, 5.74) is 0.692. The Balaban J connectivity index is 1.38. The molecule has 0 bridgehead atoms. The number of hydrogen-bond acceptors (Lipinski definition) is 18. The van der Waals surface area contributed by atoms with Crippen molar-refractivity contribution in [3.63, 3.8) is 0 Å². The van der Waals surface area contributed by atoms with Gasteiger partial charge in [-0.25, -0.2) is 4.98 Å². The number of nitriles is 2. The summed E-state index contributed by atoms with van der Waals surface area (Å²) in [7, 11) is -18.8. The van der Waals surface area contributed by atoms with Crippen molar-refractivity contribution in [1.29, 1.82) is 10.5 Å². The second-order valence-corrected chi connectivity index (χ2v) is 18.8. The number of pyridine rings is 1. The third-order valence-electron chi connectivity index (χ3n) is 8.13. The smallest absolute Gasteiger partial charge is 0.295 e. The molecule has 0 amide bonds. The van der Waals surface area contributed by atoms with Crippen molar-refractivity contribution in [3.8, 4) is 12.1 Å². The van der Waals surface area contributed by atoms with Crippen molar-refractivity contribution in [2.45, 2.75) is 26.5 Å². The van der Waals surface area contributed by atoms with Gasteiger partial charge >= 0.3 is 0 Å². The Hall–Kier alpha value is -6.59. The zero-order valence-corrected chi connectivity index (χ0v) is 33.9. The average molecular weight is 910 g/mol. The van der Waals surface area contributed by atoms with E-state index in [1.807, 2.05) is 12.1 Å². The zero-order chi connectivity index (χ0) is 43.8. The van der Waals surface area contributed by atoms with Gasteiger partial charge in [-0.3, -0.25) is 18.2 Å². The van der Waals surface area contributed by atoms with Crippen LogP contribution in [0.4, 0.5) is 44.4 Å². The minimum Gasteiger partial charge on any atom is -0.339 e. The minimum atomic E-state index is -4.92. The third kappa shape index (κ3) is 9.64. The first-order valence-corrected chi connectivity index (χ1v) is 22.7. The van der Waals surface area contributed by atoms with Gasteiger partial charge in [-0.1, -0.05) is 17.4 Å². The number of benzene rings is 4. The summed E-state index contributed by atoms with van der Waals surface area (Å²) in [4.78, 5) is 2.13. The van der Waals surface area contributed by atoms with Crippen molar-refractivity contribution in [3.05, 3.63) is 102 Å². The van der Waals surface area contributed by atoms with E-state index in [9.17, 15) is 62.4 Å². The average Bonchev–Trinajstić information content (AvgIpc) is 3.57. The summed E-state index contributed by atoms with van der Waals surface area (Å²) in [5, 5.41) is 42.6.